The molecule has 56 heavy (non-hydrogen) atoms. The summed E-state index contributed by atoms with van der Waals surface area (Å²) >= 11 is 12.6. The maximum Gasteiger partial charge on any atom is 0.417 e. The van der Waals surface area contributed by atoms with Gasteiger partial charge in [-0.2, -0.15) is 18.2 Å². The third-order valence-corrected chi connectivity index (χ3v) is 12.2. The van der Waals surface area contributed by atoms with Crippen LogP contribution in [0.2, 0.25) is 10.0 Å². The van der Waals surface area contributed by atoms with Crippen molar-refractivity contribution in [3.05, 3.63) is 123 Å². The zero-order valence-corrected chi connectivity index (χ0v) is 31.3. The first-order chi connectivity index (χ1) is 26.7. The van der Waals surface area contributed by atoms with E-state index >= 15 is 4.79 Å². The molecule has 4 amide bonds. The van der Waals surface area contributed by atoms with Gasteiger partial charge < -0.3 is 9.84 Å². The number of phenolic OH excluding ortho intramolecular Hbond substituents is 1. The maximum atomic E-state index is 15.3. The number of aromatic nitrogens is 1. The van der Waals surface area contributed by atoms with Crippen LogP contribution in [0.3, 0.4) is 0 Å². The summed E-state index contributed by atoms with van der Waals surface area (Å²) in [6, 6.07) is 18.9. The number of carbonyl (C=O) groups is 4. The molecule has 10 nitrogen and oxygen atoms in total. The van der Waals surface area contributed by atoms with Gasteiger partial charge in [-0.25, -0.2) is 4.98 Å². The van der Waals surface area contributed by atoms with Gasteiger partial charge in [-0.1, -0.05) is 72.1 Å². The lowest BCUT2D eigenvalue weighted by molar-refractivity contribution is -0.139. The van der Waals surface area contributed by atoms with Crippen molar-refractivity contribution < 1.29 is 42.2 Å². The molecule has 0 spiro atoms. The molecule has 2 aliphatic heterocycles. The minimum atomic E-state index is -4.76. The Morgan fingerprint density at radius 3 is 2.29 bits per heavy atom. The highest BCUT2D eigenvalue weighted by Crippen LogP contribution is 2.64. The number of methoxy groups -OCH3 is 1. The van der Waals surface area contributed by atoms with Gasteiger partial charge in [0.25, 0.3) is 11.8 Å². The first-order valence-electron chi connectivity index (χ1n) is 17.9. The molecule has 2 saturated heterocycles. The van der Waals surface area contributed by atoms with Crippen LogP contribution in [0.25, 0.3) is 0 Å². The number of alkyl halides is 3. The molecule has 6 atom stereocenters. The van der Waals surface area contributed by atoms with E-state index in [1.807, 2.05) is 25.1 Å². The van der Waals surface area contributed by atoms with Crippen LogP contribution in [0.4, 0.5) is 24.7 Å². The number of hydrogen-bond acceptors (Lipinski definition) is 8. The highest BCUT2D eigenvalue weighted by molar-refractivity contribution is 6.33. The van der Waals surface area contributed by atoms with Crippen LogP contribution >= 0.6 is 23.2 Å². The lowest BCUT2D eigenvalue weighted by Gasteiger charge is -2.50. The van der Waals surface area contributed by atoms with Crippen molar-refractivity contribution in [2.24, 2.45) is 23.7 Å². The zero-order chi connectivity index (χ0) is 39.8. The van der Waals surface area contributed by atoms with Gasteiger partial charge in [0, 0.05) is 17.1 Å². The molecule has 0 radical (unpaired) electrons. The van der Waals surface area contributed by atoms with Crippen molar-refractivity contribution in [1.82, 2.24) is 9.99 Å². The number of hydrogen-bond donors (Lipinski definition) is 2. The topological polar surface area (TPSA) is 129 Å². The molecule has 3 aromatic carbocycles. The van der Waals surface area contributed by atoms with Gasteiger partial charge in [-0.05, 0) is 84.3 Å². The molecule has 4 aliphatic rings. The Kier molecular flexibility index (Phi) is 9.15. The molecule has 4 aromatic rings. The number of benzene rings is 3. The second-order valence-electron chi connectivity index (χ2n) is 14.4. The molecule has 15 heteroatoms. The van der Waals surface area contributed by atoms with Gasteiger partial charge in [0.05, 0.1) is 46.6 Å². The standard InChI is InChI=1S/C41H33Cl2F3N4O6/c1-3-20-4-11-25(12-5-20)49-36(52)27-14-13-26-28(33(27)38(49)54)18-29-37(53)50(48-35-30(43)17-23(19-47-35)41(44,45)46)39(55)40(29,22-7-9-24(42)10-8-22)34(26)21-6-15-32(56-2)31(51)16-21/h4-13,15-17,19,27-29,33-34,51H,3,14,18H2,1-2H3,(H,47,48). The summed E-state index contributed by atoms with van der Waals surface area (Å²) in [5.74, 6) is -7.35. The molecule has 2 N–H and O–H groups in total. The first kappa shape index (κ1) is 37.5. The monoisotopic (exact) mass is 804 g/mol. The lowest BCUT2D eigenvalue weighted by atomic mass is 9.49. The van der Waals surface area contributed by atoms with E-state index in [0.717, 1.165) is 17.0 Å². The number of pyridine rings is 1. The predicted molar refractivity (Wildman–Crippen MR) is 200 cm³/mol. The number of hydrazine groups is 1. The average molecular weight is 806 g/mol. The number of phenols is 1. The van der Waals surface area contributed by atoms with Crippen LogP contribution in [-0.4, -0.2) is 45.8 Å². The van der Waals surface area contributed by atoms with Crippen LogP contribution in [-0.2, 0) is 37.2 Å². The minimum Gasteiger partial charge on any atom is -0.504 e. The van der Waals surface area contributed by atoms with Gasteiger partial charge in [-0.15, -0.1) is 0 Å². The summed E-state index contributed by atoms with van der Waals surface area (Å²) in [7, 11) is 1.38. The maximum absolute atomic E-state index is 15.3. The van der Waals surface area contributed by atoms with Crippen molar-refractivity contribution in [2.75, 3.05) is 17.4 Å². The van der Waals surface area contributed by atoms with Crippen molar-refractivity contribution in [3.8, 4) is 11.5 Å². The van der Waals surface area contributed by atoms with Gasteiger partial charge >= 0.3 is 6.18 Å². The van der Waals surface area contributed by atoms with E-state index in [1.54, 1.807) is 42.5 Å². The van der Waals surface area contributed by atoms with Gasteiger partial charge in [0.1, 0.15) is 0 Å². The van der Waals surface area contributed by atoms with E-state index in [9.17, 15) is 32.7 Å². The first-order valence-corrected chi connectivity index (χ1v) is 18.6. The second kappa shape index (κ2) is 13.7. The fourth-order valence-corrected chi connectivity index (χ4v) is 9.51. The van der Waals surface area contributed by atoms with Crippen molar-refractivity contribution >= 4 is 58.3 Å². The summed E-state index contributed by atoms with van der Waals surface area (Å²) in [5.41, 5.74) is 2.60. The molecule has 6 unspecified atom stereocenters. The molecule has 3 fully saturated rings. The number of fused-ring (bicyclic) bond motifs is 4. The molecular weight excluding hydrogens is 772 g/mol. The molecule has 8 rings (SSSR count). The normalized spacial score (nSPS) is 25.8. The molecule has 288 valence electrons. The summed E-state index contributed by atoms with van der Waals surface area (Å²) in [6.07, 6.45) is -1.47. The summed E-state index contributed by atoms with van der Waals surface area (Å²) in [5, 5.41) is 11.7. The number of nitrogens with zero attached hydrogens (tertiary/aromatic N) is 3. The van der Waals surface area contributed by atoms with Gasteiger partial charge in [-0.3, -0.25) is 29.5 Å². The Bertz CT molecular complexity index is 2340. The zero-order valence-electron chi connectivity index (χ0n) is 29.8. The van der Waals surface area contributed by atoms with E-state index in [1.165, 1.54) is 24.1 Å². The van der Waals surface area contributed by atoms with Crippen LogP contribution in [0.5, 0.6) is 11.5 Å². The third kappa shape index (κ3) is 5.65. The fraction of sp³-hybridized carbons (Fsp3) is 0.293. The smallest absolute Gasteiger partial charge is 0.417 e. The largest absolute Gasteiger partial charge is 0.504 e. The number of aromatic hydroxyl groups is 1. The van der Waals surface area contributed by atoms with Gasteiger partial charge in [0.2, 0.25) is 11.8 Å². The SMILES string of the molecule is CCc1ccc(N2C(=O)C3CC=C4C(CC5C(=O)N(Nc6ncc(C(F)(F)F)cc6Cl)C(=O)C5(c5ccc(Cl)cc5)C4c4ccc(OC)c(O)c4)C3C2=O)cc1. The summed E-state index contributed by atoms with van der Waals surface area (Å²) in [4.78, 5) is 63.8. The van der Waals surface area contributed by atoms with Crippen molar-refractivity contribution in [3.63, 3.8) is 0 Å². The Morgan fingerprint density at radius 2 is 1.66 bits per heavy atom. The number of halogens is 5. The third-order valence-electron chi connectivity index (χ3n) is 11.7. The van der Waals surface area contributed by atoms with E-state index in [4.69, 9.17) is 27.9 Å². The number of anilines is 2. The summed E-state index contributed by atoms with van der Waals surface area (Å²) < 4.78 is 45.8. The van der Waals surface area contributed by atoms with Crippen molar-refractivity contribution in [2.45, 2.75) is 43.7 Å². The molecule has 1 saturated carbocycles. The number of nitrogens with one attached hydrogen (secondary N) is 1. The average Bonchev–Trinajstić information content (AvgIpc) is 3.56. The van der Waals surface area contributed by atoms with Crippen LogP contribution < -0.4 is 15.1 Å². The fourth-order valence-electron chi connectivity index (χ4n) is 9.18. The van der Waals surface area contributed by atoms with E-state index in [-0.39, 0.29) is 36.1 Å². The quantitative estimate of drug-likeness (QED) is 0.143. The van der Waals surface area contributed by atoms with Crippen LogP contribution in [0.15, 0.2) is 90.6 Å². The van der Waals surface area contributed by atoms with Gasteiger partial charge in [0.15, 0.2) is 17.3 Å². The number of carbonyl (C=O) groups excluding carboxylic acids is 4. The molecule has 0 bridgehead atoms. The van der Waals surface area contributed by atoms with Crippen molar-refractivity contribution in [1.29, 1.82) is 0 Å². The Morgan fingerprint density at radius 1 is 0.946 bits per heavy atom. The molecule has 1 aromatic heterocycles. The van der Waals surface area contributed by atoms with E-state index < -0.39 is 69.5 Å². The molecule has 3 heterocycles. The number of aryl methyl sites for hydroxylation is 1. The van der Waals surface area contributed by atoms with Crippen LogP contribution in [0.1, 0.15) is 47.9 Å². The summed E-state index contributed by atoms with van der Waals surface area (Å²) in [6.45, 7) is 2.00. The Hall–Kier alpha value is -5.40. The lowest BCUT2D eigenvalue weighted by Crippen LogP contribution is -2.53. The van der Waals surface area contributed by atoms with E-state index in [2.05, 4.69) is 10.4 Å². The Balaban J connectivity index is 1.30. The number of allylic oxidation sites excluding steroid dienone is 2. The van der Waals surface area contributed by atoms with E-state index in [0.29, 0.717) is 39.7 Å². The predicted octanol–water partition coefficient (Wildman–Crippen LogP) is 7.87. The number of amides is 4. The Labute approximate surface area is 328 Å². The van der Waals surface area contributed by atoms with Crippen LogP contribution in [0, 0.1) is 23.7 Å². The number of ether oxygens (including phenoxy) is 1. The highest BCUT2D eigenvalue weighted by atomic mass is 35.5. The number of imide groups is 2. The highest BCUT2D eigenvalue weighted by Gasteiger charge is 2.70. The number of rotatable bonds is 7. The minimum absolute atomic E-state index is 0.0488. The molecule has 2 aliphatic carbocycles. The second-order valence-corrected chi connectivity index (χ2v) is 15.2. The molecular formula is C41H33Cl2F3N4O6.